The standard InChI is InChI=1S/C9H12N4/c1-6-11-7-4-5-13(3)8(7)9(10-2)12-6/h4-5H,1-3H3,(H,10,11,12). The molecule has 0 amide bonds. The number of aryl methyl sites for hydroxylation is 2. The van der Waals surface area contributed by atoms with E-state index in [1.165, 1.54) is 0 Å². The predicted molar refractivity (Wildman–Crippen MR) is 52.8 cm³/mol. The summed E-state index contributed by atoms with van der Waals surface area (Å²) < 4.78 is 2.01. The monoisotopic (exact) mass is 176 g/mol. The van der Waals surface area contributed by atoms with Gasteiger partial charge in [-0.25, -0.2) is 9.97 Å². The highest BCUT2D eigenvalue weighted by Crippen LogP contribution is 2.19. The second-order valence-electron chi connectivity index (χ2n) is 3.03. The van der Waals surface area contributed by atoms with Crippen molar-refractivity contribution in [3.8, 4) is 0 Å². The molecule has 0 aliphatic carbocycles. The molecule has 0 aliphatic heterocycles. The first-order valence-electron chi connectivity index (χ1n) is 4.20. The lowest BCUT2D eigenvalue weighted by atomic mass is 10.4. The van der Waals surface area contributed by atoms with E-state index in [9.17, 15) is 0 Å². The number of hydrogen-bond acceptors (Lipinski definition) is 3. The third-order valence-electron chi connectivity index (χ3n) is 2.07. The molecule has 2 heterocycles. The third kappa shape index (κ3) is 1.14. The van der Waals surface area contributed by atoms with E-state index in [0.717, 1.165) is 22.7 Å². The van der Waals surface area contributed by atoms with Crippen LogP contribution in [0.2, 0.25) is 0 Å². The van der Waals surface area contributed by atoms with Crippen LogP contribution < -0.4 is 5.32 Å². The number of nitrogens with one attached hydrogen (secondary N) is 1. The van der Waals surface area contributed by atoms with Crippen LogP contribution in [-0.2, 0) is 7.05 Å². The van der Waals surface area contributed by atoms with Crippen molar-refractivity contribution >= 4 is 16.9 Å². The fourth-order valence-electron chi connectivity index (χ4n) is 1.48. The van der Waals surface area contributed by atoms with Crippen molar-refractivity contribution < 1.29 is 0 Å². The van der Waals surface area contributed by atoms with Crippen molar-refractivity contribution in [2.45, 2.75) is 6.92 Å². The predicted octanol–water partition coefficient (Wildman–Crippen LogP) is 1.32. The molecule has 0 atom stereocenters. The summed E-state index contributed by atoms with van der Waals surface area (Å²) in [5, 5.41) is 3.07. The van der Waals surface area contributed by atoms with Gasteiger partial charge in [-0.2, -0.15) is 0 Å². The summed E-state index contributed by atoms with van der Waals surface area (Å²) in [4.78, 5) is 8.64. The Morgan fingerprint density at radius 2 is 2.15 bits per heavy atom. The second-order valence-corrected chi connectivity index (χ2v) is 3.03. The average Bonchev–Trinajstić information content (AvgIpc) is 2.46. The van der Waals surface area contributed by atoms with Crippen LogP contribution in [0.3, 0.4) is 0 Å². The summed E-state index contributed by atoms with van der Waals surface area (Å²) in [5.74, 6) is 1.68. The highest BCUT2D eigenvalue weighted by Gasteiger charge is 2.06. The highest BCUT2D eigenvalue weighted by molar-refractivity contribution is 5.86. The zero-order valence-electron chi connectivity index (χ0n) is 8.00. The molecule has 0 spiro atoms. The van der Waals surface area contributed by atoms with E-state index in [0.29, 0.717) is 0 Å². The molecule has 2 rings (SSSR count). The number of fused-ring (bicyclic) bond motifs is 1. The summed E-state index contributed by atoms with van der Waals surface area (Å²) >= 11 is 0. The summed E-state index contributed by atoms with van der Waals surface area (Å²) in [7, 11) is 3.86. The lowest BCUT2D eigenvalue weighted by molar-refractivity contribution is 0.958. The van der Waals surface area contributed by atoms with Crippen molar-refractivity contribution in [3.05, 3.63) is 18.1 Å². The maximum Gasteiger partial charge on any atom is 0.154 e. The number of hydrogen-bond donors (Lipinski definition) is 1. The normalized spacial score (nSPS) is 10.7. The van der Waals surface area contributed by atoms with E-state index < -0.39 is 0 Å². The smallest absolute Gasteiger partial charge is 0.154 e. The van der Waals surface area contributed by atoms with Gasteiger partial charge in [-0.3, -0.25) is 0 Å². The molecule has 0 bridgehead atoms. The Morgan fingerprint density at radius 1 is 1.38 bits per heavy atom. The van der Waals surface area contributed by atoms with Crippen molar-refractivity contribution in [1.82, 2.24) is 14.5 Å². The van der Waals surface area contributed by atoms with Gasteiger partial charge >= 0.3 is 0 Å². The molecular weight excluding hydrogens is 164 g/mol. The number of rotatable bonds is 1. The lowest BCUT2D eigenvalue weighted by Crippen LogP contribution is -2.00. The minimum Gasteiger partial charge on any atom is -0.371 e. The largest absolute Gasteiger partial charge is 0.371 e. The van der Waals surface area contributed by atoms with E-state index >= 15 is 0 Å². The Labute approximate surface area is 76.6 Å². The van der Waals surface area contributed by atoms with Crippen molar-refractivity contribution in [3.63, 3.8) is 0 Å². The highest BCUT2D eigenvalue weighted by atomic mass is 15.1. The van der Waals surface area contributed by atoms with Gasteiger partial charge in [0, 0.05) is 20.3 Å². The fourth-order valence-corrected chi connectivity index (χ4v) is 1.48. The zero-order valence-corrected chi connectivity index (χ0v) is 8.00. The summed E-state index contributed by atoms with van der Waals surface area (Å²) in [6.45, 7) is 1.90. The van der Waals surface area contributed by atoms with Gasteiger partial charge in [0.1, 0.15) is 11.3 Å². The van der Waals surface area contributed by atoms with Gasteiger partial charge < -0.3 is 9.88 Å². The van der Waals surface area contributed by atoms with E-state index in [4.69, 9.17) is 0 Å². The Kier molecular flexibility index (Phi) is 1.69. The number of nitrogens with zero attached hydrogens (tertiary/aromatic N) is 3. The van der Waals surface area contributed by atoms with Gasteiger partial charge in [0.25, 0.3) is 0 Å². The molecule has 68 valence electrons. The number of aromatic nitrogens is 3. The molecule has 4 heteroatoms. The lowest BCUT2D eigenvalue weighted by Gasteiger charge is -2.04. The van der Waals surface area contributed by atoms with Crippen LogP contribution in [0.1, 0.15) is 5.82 Å². The van der Waals surface area contributed by atoms with Crippen LogP contribution in [0, 0.1) is 6.92 Å². The topological polar surface area (TPSA) is 42.7 Å². The van der Waals surface area contributed by atoms with Crippen LogP contribution in [0.15, 0.2) is 12.3 Å². The van der Waals surface area contributed by atoms with Gasteiger partial charge in [0.05, 0.1) is 5.52 Å². The first-order chi connectivity index (χ1) is 6.22. The maximum absolute atomic E-state index is 4.33. The molecule has 0 aliphatic rings. The molecule has 0 saturated heterocycles. The molecule has 2 aromatic rings. The minimum absolute atomic E-state index is 0.794. The molecule has 4 nitrogen and oxygen atoms in total. The van der Waals surface area contributed by atoms with Gasteiger partial charge in [0.15, 0.2) is 5.82 Å². The SMILES string of the molecule is CNc1nc(C)nc2ccn(C)c12. The van der Waals surface area contributed by atoms with Gasteiger partial charge in [-0.1, -0.05) is 0 Å². The molecule has 0 saturated carbocycles. The Morgan fingerprint density at radius 3 is 2.85 bits per heavy atom. The van der Waals surface area contributed by atoms with Gasteiger partial charge in [-0.05, 0) is 13.0 Å². The molecule has 0 aromatic carbocycles. The van der Waals surface area contributed by atoms with E-state index in [1.807, 2.05) is 37.8 Å². The van der Waals surface area contributed by atoms with E-state index in [2.05, 4.69) is 15.3 Å². The first kappa shape index (κ1) is 8.04. The Balaban J connectivity index is 2.85. The maximum atomic E-state index is 4.33. The Bertz CT molecular complexity index is 444. The minimum atomic E-state index is 0.794. The van der Waals surface area contributed by atoms with E-state index in [1.54, 1.807) is 0 Å². The van der Waals surface area contributed by atoms with Crippen molar-refractivity contribution in [2.75, 3.05) is 12.4 Å². The second kappa shape index (κ2) is 2.73. The van der Waals surface area contributed by atoms with Crippen LogP contribution in [0.25, 0.3) is 11.0 Å². The first-order valence-corrected chi connectivity index (χ1v) is 4.20. The molecular formula is C9H12N4. The van der Waals surface area contributed by atoms with Crippen LogP contribution >= 0.6 is 0 Å². The van der Waals surface area contributed by atoms with Crippen LogP contribution in [0.5, 0.6) is 0 Å². The molecule has 1 N–H and O–H groups in total. The quantitative estimate of drug-likeness (QED) is 0.712. The summed E-state index contributed by atoms with van der Waals surface area (Å²) in [6, 6.07) is 1.99. The van der Waals surface area contributed by atoms with Crippen LogP contribution in [0.4, 0.5) is 5.82 Å². The van der Waals surface area contributed by atoms with E-state index in [-0.39, 0.29) is 0 Å². The van der Waals surface area contributed by atoms with Gasteiger partial charge in [0.2, 0.25) is 0 Å². The average molecular weight is 176 g/mol. The molecule has 2 aromatic heterocycles. The molecule has 0 radical (unpaired) electrons. The van der Waals surface area contributed by atoms with Crippen molar-refractivity contribution in [1.29, 1.82) is 0 Å². The Hall–Kier alpha value is -1.58. The summed E-state index contributed by atoms with van der Waals surface area (Å²) in [6.07, 6.45) is 1.99. The van der Waals surface area contributed by atoms with Gasteiger partial charge in [-0.15, -0.1) is 0 Å². The molecule has 13 heavy (non-hydrogen) atoms. The number of anilines is 1. The van der Waals surface area contributed by atoms with Crippen molar-refractivity contribution in [2.24, 2.45) is 7.05 Å². The van der Waals surface area contributed by atoms with Crippen LogP contribution in [-0.4, -0.2) is 21.6 Å². The fraction of sp³-hybridized carbons (Fsp3) is 0.333. The molecule has 0 unspecified atom stereocenters. The third-order valence-corrected chi connectivity index (χ3v) is 2.07. The zero-order chi connectivity index (χ0) is 9.42. The molecule has 0 fully saturated rings. The summed E-state index contributed by atoms with van der Waals surface area (Å²) in [5.41, 5.74) is 2.03.